The van der Waals surface area contributed by atoms with E-state index in [-0.39, 0.29) is 35.8 Å². The second kappa shape index (κ2) is 29.9. The van der Waals surface area contributed by atoms with E-state index in [1.54, 1.807) is 69.2 Å². The summed E-state index contributed by atoms with van der Waals surface area (Å²) in [4.78, 5) is 87.4. The van der Waals surface area contributed by atoms with Crippen LogP contribution in [0.2, 0.25) is 0 Å². The molecule has 0 aliphatic carbocycles. The molecule has 0 heterocycles. The van der Waals surface area contributed by atoms with Crippen LogP contribution in [0.25, 0.3) is 0 Å². The van der Waals surface area contributed by atoms with Crippen molar-refractivity contribution in [1.29, 1.82) is 0 Å². The van der Waals surface area contributed by atoms with Crippen LogP contribution in [0.1, 0.15) is 125 Å². The van der Waals surface area contributed by atoms with Gasteiger partial charge in [-0.25, -0.2) is 24.7 Å². The highest BCUT2D eigenvalue weighted by Gasteiger charge is 2.32. The second-order valence-corrected chi connectivity index (χ2v) is 22.0. The summed E-state index contributed by atoms with van der Waals surface area (Å²) in [5.41, 5.74) is 4.05. The van der Waals surface area contributed by atoms with E-state index in [1.165, 1.54) is 48.5 Å². The van der Waals surface area contributed by atoms with E-state index in [4.69, 9.17) is 30.2 Å². The van der Waals surface area contributed by atoms with E-state index < -0.39 is 128 Å². The summed E-state index contributed by atoms with van der Waals surface area (Å²) in [6, 6.07) is 6.71. The first-order valence-electron chi connectivity index (χ1n) is 22.9. The van der Waals surface area contributed by atoms with Crippen LogP contribution in [-0.4, -0.2) is 123 Å². The number of aliphatic hydroxyl groups is 2. The van der Waals surface area contributed by atoms with Crippen molar-refractivity contribution in [3.63, 3.8) is 0 Å². The van der Waals surface area contributed by atoms with Gasteiger partial charge in [0.1, 0.15) is 22.9 Å². The molecule has 0 spiro atoms. The third-order valence-corrected chi connectivity index (χ3v) is 10.0. The van der Waals surface area contributed by atoms with E-state index in [1.807, 2.05) is 6.92 Å². The normalized spacial score (nSPS) is 14.2. The van der Waals surface area contributed by atoms with Gasteiger partial charge in [0.05, 0.1) is 19.1 Å². The van der Waals surface area contributed by atoms with Gasteiger partial charge in [0.15, 0.2) is 18.2 Å². The Bertz CT molecular complexity index is 2410. The molecule has 0 saturated carbocycles. The fourth-order valence-corrected chi connectivity index (χ4v) is 6.94. The number of halogens is 1. The van der Waals surface area contributed by atoms with Gasteiger partial charge in [0.25, 0.3) is 32.2 Å². The highest BCUT2D eigenvalue weighted by Crippen LogP contribution is 2.23. The maximum atomic E-state index is 12.9. The molecule has 0 bridgehead atoms. The topological polar surface area (TPSA) is 418 Å². The molecule has 0 fully saturated rings. The summed E-state index contributed by atoms with van der Waals surface area (Å²) >= 11 is 0. The molecule has 15 N–H and O–H groups in total. The molecule has 26 nitrogen and oxygen atoms in total. The minimum atomic E-state index is -4.02. The summed E-state index contributed by atoms with van der Waals surface area (Å²) in [6.45, 7) is 17.4. The molecule has 2 rings (SSSR count). The lowest BCUT2D eigenvalue weighted by atomic mass is 10.0. The number of nitrogens with two attached hydrogens (primary N) is 3. The molecule has 0 aromatic heterocycles. The Morgan fingerprint density at radius 1 is 0.554 bits per heavy atom. The Morgan fingerprint density at radius 3 is 1.20 bits per heavy atom. The van der Waals surface area contributed by atoms with E-state index in [0.29, 0.717) is 24.8 Å². The number of nitrogens with one attached hydrogen (secondary N) is 7. The van der Waals surface area contributed by atoms with Crippen molar-refractivity contribution in [2.45, 2.75) is 155 Å². The number of aliphatic hydroxyl groups excluding tert-OH is 2. The van der Waals surface area contributed by atoms with Crippen LogP contribution >= 0.6 is 12.4 Å². The minimum Gasteiger partial charge on any atom is -0.458 e. The lowest BCUT2D eigenvalue weighted by molar-refractivity contribution is -0.159. The number of ether oxygens (including phenoxy) is 3. The monoisotopic (exact) mass is 1110 g/mol. The maximum absolute atomic E-state index is 12.9. The zero-order valence-corrected chi connectivity index (χ0v) is 45.8. The van der Waals surface area contributed by atoms with Crippen LogP contribution in [0.15, 0.2) is 48.5 Å². The van der Waals surface area contributed by atoms with Crippen molar-refractivity contribution in [3.8, 4) is 0 Å². The molecule has 420 valence electrons. The second-order valence-electron chi connectivity index (χ2n) is 19.4. The Hall–Kier alpha value is -5.88. The lowest BCUT2D eigenvalue weighted by Gasteiger charge is -2.26. The van der Waals surface area contributed by atoms with Gasteiger partial charge in [-0.1, -0.05) is 51.0 Å². The zero-order valence-electron chi connectivity index (χ0n) is 43.4. The molecule has 74 heavy (non-hydrogen) atoms. The number of carbonyl (C=O) groups is 7. The Labute approximate surface area is 438 Å². The zero-order chi connectivity index (χ0) is 56.3. The van der Waals surface area contributed by atoms with Crippen LogP contribution in [0.3, 0.4) is 0 Å². The minimum absolute atomic E-state index is 0. The molecular weight excluding hydrogens is 1040 g/mol. The molecule has 0 aliphatic rings. The molecule has 0 aliphatic heterocycles. The van der Waals surface area contributed by atoms with Crippen molar-refractivity contribution in [2.75, 3.05) is 22.5 Å². The smallest absolute Gasteiger partial charge is 0.407 e. The van der Waals surface area contributed by atoms with Gasteiger partial charge in [0.2, 0.25) is 11.8 Å². The maximum Gasteiger partial charge on any atom is 0.407 e. The number of hydrogen-bond acceptors (Lipinski definition) is 17. The molecule has 6 atom stereocenters. The van der Waals surface area contributed by atoms with Gasteiger partial charge in [-0.15, -0.1) is 12.4 Å². The SMILES string of the molecule is CCCC(N)C(O)C(=O)NCC(=O)N[C@H](C(=O)OC(C)(C)C)c1ccc(NS(N)(=O)=O)cc1.CCCC(NC(=O)OC(C)(C)C)C(O)C(=O)NCC(=O)N[C@H](C(=O)OC(C)(C)C)c1ccc(NS(N)(=O)=O)cc1.Cl. The average Bonchev–Trinajstić information content (AvgIpc) is 3.23. The van der Waals surface area contributed by atoms with E-state index >= 15 is 0 Å². The summed E-state index contributed by atoms with van der Waals surface area (Å²) < 4.78 is 64.9. The quantitative estimate of drug-likeness (QED) is 0.0541. The lowest BCUT2D eigenvalue weighted by Crippen LogP contribution is -2.53. The van der Waals surface area contributed by atoms with Crippen LogP contribution in [0.4, 0.5) is 16.2 Å². The van der Waals surface area contributed by atoms with Crippen molar-refractivity contribution < 1.29 is 74.8 Å². The first-order valence-corrected chi connectivity index (χ1v) is 25.9. The summed E-state index contributed by atoms with van der Waals surface area (Å²) in [6.07, 6.45) is -2.06. The summed E-state index contributed by atoms with van der Waals surface area (Å²) in [5, 5.41) is 42.3. The largest absolute Gasteiger partial charge is 0.458 e. The third kappa shape index (κ3) is 28.5. The fraction of sp³-hybridized carbons (Fsp3) is 0.578. The Morgan fingerprint density at radius 2 is 0.892 bits per heavy atom. The Balaban J connectivity index is 0.00000145. The predicted molar refractivity (Wildman–Crippen MR) is 276 cm³/mol. The molecule has 0 radical (unpaired) electrons. The fourth-order valence-electron chi connectivity index (χ4n) is 6.01. The van der Waals surface area contributed by atoms with Crippen molar-refractivity contribution in [1.82, 2.24) is 26.6 Å². The number of rotatable bonds is 23. The van der Waals surface area contributed by atoms with E-state index in [9.17, 15) is 60.6 Å². The van der Waals surface area contributed by atoms with Gasteiger partial charge in [-0.2, -0.15) is 16.8 Å². The standard InChI is InChI=1S/C25H41N5O9S.C20H33N5O7S.ClH/c1-8-9-17(28-23(35)39-25(5,6)7)20(32)21(33)27-14-18(31)29-19(22(34)38-24(2,3)4)15-10-12-16(13-11-15)30-40(26,36)37;1-5-6-14(21)17(27)18(28)23-11-15(26)24-16(19(29)32-20(2,3)4)12-7-9-13(10-8-12)25-33(22,30)31;/h10-13,17,19-20,30,32H,8-9,14H2,1-7H3,(H,27,33)(H,28,35)(H,29,31)(H2,26,36,37);7-10,14,16-17,25,27H,5-6,11,21H2,1-4H3,(H,23,28)(H,24,26)(H2,22,30,31);1H/t17?,19-,20?;14?,16-,17?;/m00./s1. The highest BCUT2D eigenvalue weighted by molar-refractivity contribution is 7.90. The first-order chi connectivity index (χ1) is 33.3. The first kappa shape index (κ1) is 68.1. The summed E-state index contributed by atoms with van der Waals surface area (Å²) in [5.74, 6) is -4.80. The van der Waals surface area contributed by atoms with E-state index in [0.717, 1.165) is 0 Å². The van der Waals surface area contributed by atoms with Crippen LogP contribution < -0.4 is 52.0 Å². The van der Waals surface area contributed by atoms with Gasteiger partial charge in [-0.05, 0) is 111 Å². The van der Waals surface area contributed by atoms with Crippen LogP contribution in [-0.2, 0) is 63.4 Å². The van der Waals surface area contributed by atoms with Gasteiger partial charge < -0.3 is 56.7 Å². The van der Waals surface area contributed by atoms with Gasteiger partial charge >= 0.3 is 18.0 Å². The third-order valence-electron chi connectivity index (χ3n) is 9.00. The van der Waals surface area contributed by atoms with E-state index in [2.05, 4.69) is 36.0 Å². The molecule has 2 aromatic carbocycles. The molecular formula is C45H75ClN10O16S2. The number of carbonyl (C=O) groups excluding carboxylic acids is 7. The van der Waals surface area contributed by atoms with Crippen LogP contribution in [0.5, 0.6) is 0 Å². The van der Waals surface area contributed by atoms with Crippen molar-refractivity contribution >= 4 is 85.9 Å². The Kier molecular flexibility index (Phi) is 27.5. The summed E-state index contributed by atoms with van der Waals surface area (Å²) in [7, 11) is -8.00. The average molecular weight is 1110 g/mol. The molecule has 2 aromatic rings. The number of anilines is 2. The number of hydrogen-bond donors (Lipinski definition) is 12. The van der Waals surface area contributed by atoms with Crippen LogP contribution in [0, 0.1) is 0 Å². The van der Waals surface area contributed by atoms with Gasteiger partial charge in [0, 0.05) is 17.4 Å². The molecule has 4 unspecified atom stereocenters. The molecule has 29 heteroatoms. The number of benzene rings is 2. The highest BCUT2D eigenvalue weighted by atomic mass is 35.5. The number of alkyl carbamates (subject to hydrolysis) is 1. The number of amides is 5. The van der Waals surface area contributed by atoms with Crippen molar-refractivity contribution in [2.24, 2.45) is 16.0 Å². The van der Waals surface area contributed by atoms with Crippen molar-refractivity contribution in [3.05, 3.63) is 59.7 Å². The van der Waals surface area contributed by atoms with Gasteiger partial charge in [-0.3, -0.25) is 28.6 Å². The molecule has 0 saturated heterocycles. The molecule has 5 amide bonds. The predicted octanol–water partition coefficient (Wildman–Crippen LogP) is 0.799. The number of esters is 2.